The Morgan fingerprint density at radius 2 is 2.33 bits per heavy atom. The first-order chi connectivity index (χ1) is 7.29. The molecule has 0 aromatic heterocycles. The summed E-state index contributed by atoms with van der Waals surface area (Å²) in [6.07, 6.45) is 1.27. The van der Waals surface area contributed by atoms with Crippen molar-refractivity contribution >= 4 is 17.4 Å². The number of thioether (sulfide) groups is 1. The van der Waals surface area contributed by atoms with Crippen molar-refractivity contribution in [3.05, 3.63) is 23.8 Å². The summed E-state index contributed by atoms with van der Waals surface area (Å²) in [5, 5.41) is 3.58. The van der Waals surface area contributed by atoms with Crippen molar-refractivity contribution in [3.8, 4) is 5.75 Å². The van der Waals surface area contributed by atoms with Gasteiger partial charge in [0, 0.05) is 17.5 Å². The van der Waals surface area contributed by atoms with Crippen LogP contribution in [0.25, 0.3) is 0 Å². The van der Waals surface area contributed by atoms with Gasteiger partial charge in [0.05, 0.1) is 7.11 Å². The lowest BCUT2D eigenvalue weighted by atomic mass is 10.1. The van der Waals surface area contributed by atoms with E-state index < -0.39 is 0 Å². The monoisotopic (exact) mass is 223 g/mol. The van der Waals surface area contributed by atoms with Crippen molar-refractivity contribution in [1.82, 2.24) is 0 Å². The van der Waals surface area contributed by atoms with Crippen molar-refractivity contribution in [2.24, 2.45) is 0 Å². The summed E-state index contributed by atoms with van der Waals surface area (Å²) >= 11 is 2.03. The topological polar surface area (TPSA) is 21.3 Å². The van der Waals surface area contributed by atoms with Gasteiger partial charge in [-0.05, 0) is 42.9 Å². The summed E-state index contributed by atoms with van der Waals surface area (Å²) in [6, 6.07) is 6.83. The molecule has 2 rings (SSSR count). The van der Waals surface area contributed by atoms with E-state index in [0.29, 0.717) is 6.04 Å². The Kier molecular flexibility index (Phi) is 3.41. The van der Waals surface area contributed by atoms with Gasteiger partial charge >= 0.3 is 0 Å². The van der Waals surface area contributed by atoms with Gasteiger partial charge < -0.3 is 10.1 Å². The van der Waals surface area contributed by atoms with E-state index >= 15 is 0 Å². The number of benzene rings is 1. The molecule has 0 bridgehead atoms. The number of methoxy groups -OCH3 is 1. The number of rotatable bonds is 3. The van der Waals surface area contributed by atoms with Crippen LogP contribution in [-0.2, 0) is 0 Å². The molecule has 1 atom stereocenters. The second-order valence-corrected chi connectivity index (χ2v) is 5.04. The zero-order valence-electron chi connectivity index (χ0n) is 9.25. The number of anilines is 1. The van der Waals surface area contributed by atoms with Crippen LogP contribution in [-0.4, -0.2) is 24.7 Å². The summed E-state index contributed by atoms with van der Waals surface area (Å²) < 4.78 is 5.19. The third kappa shape index (κ3) is 2.59. The smallest absolute Gasteiger partial charge is 0.119 e. The average molecular weight is 223 g/mol. The maximum absolute atomic E-state index is 5.19. The van der Waals surface area contributed by atoms with E-state index in [1.165, 1.54) is 29.2 Å². The van der Waals surface area contributed by atoms with E-state index in [9.17, 15) is 0 Å². The van der Waals surface area contributed by atoms with Crippen molar-refractivity contribution in [3.63, 3.8) is 0 Å². The first-order valence-corrected chi connectivity index (χ1v) is 6.44. The van der Waals surface area contributed by atoms with Gasteiger partial charge in [0.1, 0.15) is 5.75 Å². The van der Waals surface area contributed by atoms with Crippen molar-refractivity contribution < 1.29 is 4.74 Å². The number of hydrogen-bond donors (Lipinski definition) is 1. The van der Waals surface area contributed by atoms with Crippen LogP contribution < -0.4 is 10.1 Å². The predicted molar refractivity (Wildman–Crippen MR) is 67.1 cm³/mol. The molecule has 1 aliphatic rings. The van der Waals surface area contributed by atoms with Crippen LogP contribution in [0.15, 0.2) is 18.2 Å². The highest BCUT2D eigenvalue weighted by atomic mass is 32.2. The fraction of sp³-hybridized carbons (Fsp3) is 0.500. The van der Waals surface area contributed by atoms with Crippen LogP contribution in [0.5, 0.6) is 5.75 Å². The van der Waals surface area contributed by atoms with Crippen LogP contribution in [0, 0.1) is 6.92 Å². The van der Waals surface area contributed by atoms with Gasteiger partial charge in [0.2, 0.25) is 0 Å². The largest absolute Gasteiger partial charge is 0.497 e. The molecule has 1 aliphatic heterocycles. The van der Waals surface area contributed by atoms with Crippen LogP contribution in [0.3, 0.4) is 0 Å². The van der Waals surface area contributed by atoms with Crippen molar-refractivity contribution in [1.29, 1.82) is 0 Å². The van der Waals surface area contributed by atoms with E-state index in [2.05, 4.69) is 24.4 Å². The molecule has 0 spiro atoms. The van der Waals surface area contributed by atoms with Crippen LogP contribution in [0.1, 0.15) is 12.0 Å². The average Bonchev–Trinajstić information content (AvgIpc) is 2.74. The van der Waals surface area contributed by atoms with E-state index in [-0.39, 0.29) is 0 Å². The molecular formula is C12H17NOS. The SMILES string of the molecule is COc1ccc(N[C@H]2CCSC2)c(C)c1. The van der Waals surface area contributed by atoms with Crippen LogP contribution in [0.4, 0.5) is 5.69 Å². The lowest BCUT2D eigenvalue weighted by Crippen LogP contribution is -2.18. The normalized spacial score (nSPS) is 20.3. The predicted octanol–water partition coefficient (Wildman–Crippen LogP) is 2.92. The molecule has 1 heterocycles. The lowest BCUT2D eigenvalue weighted by Gasteiger charge is -2.15. The minimum atomic E-state index is 0.641. The second kappa shape index (κ2) is 4.79. The number of hydrogen-bond acceptors (Lipinski definition) is 3. The Bertz CT molecular complexity index is 334. The molecule has 2 nitrogen and oxygen atoms in total. The summed E-state index contributed by atoms with van der Waals surface area (Å²) in [6.45, 7) is 2.12. The van der Waals surface area contributed by atoms with E-state index in [0.717, 1.165) is 5.75 Å². The molecule has 82 valence electrons. The number of aryl methyl sites for hydroxylation is 1. The van der Waals surface area contributed by atoms with Gasteiger partial charge in [-0.25, -0.2) is 0 Å². The summed E-state index contributed by atoms with van der Waals surface area (Å²) in [7, 11) is 1.70. The van der Waals surface area contributed by atoms with Crippen molar-refractivity contribution in [2.75, 3.05) is 23.9 Å². The molecule has 0 radical (unpaired) electrons. The standard InChI is InChI=1S/C12H17NOS/c1-9-7-11(14-2)3-4-12(9)13-10-5-6-15-8-10/h3-4,7,10,13H,5-6,8H2,1-2H3/t10-/m0/s1. The van der Waals surface area contributed by atoms with Crippen LogP contribution >= 0.6 is 11.8 Å². The Balaban J connectivity index is 2.07. The fourth-order valence-electron chi connectivity index (χ4n) is 1.79. The lowest BCUT2D eigenvalue weighted by molar-refractivity contribution is 0.414. The van der Waals surface area contributed by atoms with E-state index in [4.69, 9.17) is 4.74 Å². The molecule has 1 N–H and O–H groups in total. The quantitative estimate of drug-likeness (QED) is 0.851. The number of ether oxygens (including phenoxy) is 1. The molecule has 1 aromatic carbocycles. The maximum Gasteiger partial charge on any atom is 0.119 e. The molecule has 0 aliphatic carbocycles. The summed E-state index contributed by atoms with van der Waals surface area (Å²) in [5.74, 6) is 3.44. The molecule has 0 unspecified atom stereocenters. The van der Waals surface area contributed by atoms with Crippen LogP contribution in [0.2, 0.25) is 0 Å². The maximum atomic E-state index is 5.19. The van der Waals surface area contributed by atoms with Crippen molar-refractivity contribution in [2.45, 2.75) is 19.4 Å². The van der Waals surface area contributed by atoms with Gasteiger partial charge in [0.15, 0.2) is 0 Å². The van der Waals surface area contributed by atoms with E-state index in [1.807, 2.05) is 17.8 Å². The Hall–Kier alpha value is -0.830. The Morgan fingerprint density at radius 1 is 1.47 bits per heavy atom. The highest BCUT2D eigenvalue weighted by molar-refractivity contribution is 7.99. The molecule has 15 heavy (non-hydrogen) atoms. The molecular weight excluding hydrogens is 206 g/mol. The highest BCUT2D eigenvalue weighted by Gasteiger charge is 2.15. The van der Waals surface area contributed by atoms with Gasteiger partial charge in [0.25, 0.3) is 0 Å². The van der Waals surface area contributed by atoms with Gasteiger partial charge in [-0.2, -0.15) is 11.8 Å². The third-order valence-corrected chi connectivity index (χ3v) is 3.89. The molecule has 1 aromatic rings. The van der Waals surface area contributed by atoms with Gasteiger partial charge in [-0.15, -0.1) is 0 Å². The minimum Gasteiger partial charge on any atom is -0.497 e. The zero-order valence-corrected chi connectivity index (χ0v) is 10.1. The summed E-state index contributed by atoms with van der Waals surface area (Å²) in [4.78, 5) is 0. The first kappa shape index (κ1) is 10.7. The second-order valence-electron chi connectivity index (χ2n) is 3.89. The Labute approximate surface area is 95.4 Å². The molecule has 0 saturated carbocycles. The highest BCUT2D eigenvalue weighted by Crippen LogP contribution is 2.25. The molecule has 3 heteroatoms. The fourth-order valence-corrected chi connectivity index (χ4v) is 2.95. The minimum absolute atomic E-state index is 0.641. The molecule has 1 fully saturated rings. The van der Waals surface area contributed by atoms with Gasteiger partial charge in [-0.1, -0.05) is 0 Å². The van der Waals surface area contributed by atoms with Gasteiger partial charge in [-0.3, -0.25) is 0 Å². The van der Waals surface area contributed by atoms with E-state index in [1.54, 1.807) is 7.11 Å². The zero-order chi connectivity index (χ0) is 10.7. The third-order valence-electron chi connectivity index (χ3n) is 2.72. The number of nitrogens with one attached hydrogen (secondary N) is 1. The molecule has 1 saturated heterocycles. The first-order valence-electron chi connectivity index (χ1n) is 5.28. The Morgan fingerprint density at radius 3 is 2.93 bits per heavy atom. The molecule has 0 amide bonds. The summed E-state index contributed by atoms with van der Waals surface area (Å²) in [5.41, 5.74) is 2.49.